The summed E-state index contributed by atoms with van der Waals surface area (Å²) >= 11 is 0. The van der Waals surface area contributed by atoms with Gasteiger partial charge in [0.2, 0.25) is 0 Å². The minimum Gasteiger partial charge on any atom is -0.381 e. The summed E-state index contributed by atoms with van der Waals surface area (Å²) in [6, 6.07) is 0.490. The summed E-state index contributed by atoms with van der Waals surface area (Å²) in [6.07, 6.45) is 4.13. The van der Waals surface area contributed by atoms with E-state index < -0.39 is 10.8 Å². The summed E-state index contributed by atoms with van der Waals surface area (Å²) in [5.74, 6) is 0.836. The molecule has 1 fully saturated rings. The van der Waals surface area contributed by atoms with Crippen LogP contribution >= 0.6 is 0 Å². The average molecular weight is 247 g/mol. The Morgan fingerprint density at radius 1 is 1.44 bits per heavy atom. The zero-order chi connectivity index (χ0) is 11.8. The number of nitrogens with one attached hydrogen (secondary N) is 1. The lowest BCUT2D eigenvalue weighted by Gasteiger charge is -2.22. The highest BCUT2D eigenvalue weighted by Crippen LogP contribution is 2.14. The molecule has 4 heteroatoms. The first kappa shape index (κ1) is 14.1. The van der Waals surface area contributed by atoms with E-state index in [4.69, 9.17) is 4.74 Å². The fourth-order valence-electron chi connectivity index (χ4n) is 1.89. The van der Waals surface area contributed by atoms with Gasteiger partial charge >= 0.3 is 0 Å². The van der Waals surface area contributed by atoms with E-state index in [1.807, 2.05) is 0 Å². The van der Waals surface area contributed by atoms with Crippen molar-refractivity contribution in [1.29, 1.82) is 0 Å². The third-order valence-corrected chi connectivity index (χ3v) is 4.89. The fraction of sp³-hybridized carbons (Fsp3) is 1.00. The lowest BCUT2D eigenvalue weighted by molar-refractivity contribution is 0.0992. The minimum absolute atomic E-state index is 0.382. The molecule has 0 saturated carbocycles. The van der Waals surface area contributed by atoms with E-state index in [-0.39, 0.29) is 0 Å². The van der Waals surface area contributed by atoms with Crippen molar-refractivity contribution in [3.8, 4) is 0 Å². The molecule has 1 heterocycles. The summed E-state index contributed by atoms with van der Waals surface area (Å²) in [5.41, 5.74) is 0. The van der Waals surface area contributed by atoms with E-state index in [0.717, 1.165) is 51.2 Å². The van der Waals surface area contributed by atoms with Gasteiger partial charge in [0, 0.05) is 41.1 Å². The zero-order valence-electron chi connectivity index (χ0n) is 10.5. The first-order valence-electron chi connectivity index (χ1n) is 6.42. The molecular formula is C12H25NO2S. The van der Waals surface area contributed by atoms with Crippen LogP contribution in [-0.4, -0.2) is 41.0 Å². The first-order valence-corrected chi connectivity index (χ1v) is 7.80. The summed E-state index contributed by atoms with van der Waals surface area (Å²) < 4.78 is 17.3. The van der Waals surface area contributed by atoms with E-state index in [1.54, 1.807) is 0 Å². The molecule has 2 atom stereocenters. The lowest BCUT2D eigenvalue weighted by atomic mass is 10.2. The Hall–Kier alpha value is 0.0700. The third-order valence-electron chi connectivity index (χ3n) is 3.03. The van der Waals surface area contributed by atoms with Gasteiger partial charge in [-0.3, -0.25) is 4.21 Å². The van der Waals surface area contributed by atoms with Crippen LogP contribution < -0.4 is 5.32 Å². The predicted octanol–water partition coefficient (Wildman–Crippen LogP) is 1.69. The van der Waals surface area contributed by atoms with Gasteiger partial charge in [-0.1, -0.05) is 6.92 Å². The second kappa shape index (κ2) is 8.20. The van der Waals surface area contributed by atoms with Gasteiger partial charge in [0.05, 0.1) is 0 Å². The van der Waals surface area contributed by atoms with Crippen LogP contribution in [0.25, 0.3) is 0 Å². The molecule has 1 N–H and O–H groups in total. The summed E-state index contributed by atoms with van der Waals surface area (Å²) in [4.78, 5) is 0. The van der Waals surface area contributed by atoms with Gasteiger partial charge < -0.3 is 10.1 Å². The van der Waals surface area contributed by atoms with Gasteiger partial charge in [-0.05, 0) is 39.2 Å². The monoisotopic (exact) mass is 247 g/mol. The molecule has 0 aromatic carbocycles. The van der Waals surface area contributed by atoms with Crippen LogP contribution in [0, 0.1) is 0 Å². The molecule has 1 saturated heterocycles. The normalized spacial score (nSPS) is 21.9. The smallest absolute Gasteiger partial charge is 0.0477 e. The molecule has 16 heavy (non-hydrogen) atoms. The number of rotatable bonds is 7. The predicted molar refractivity (Wildman–Crippen MR) is 69.2 cm³/mol. The maximum absolute atomic E-state index is 12.0. The van der Waals surface area contributed by atoms with Gasteiger partial charge in [0.25, 0.3) is 0 Å². The molecule has 3 nitrogen and oxygen atoms in total. The molecule has 0 aromatic heterocycles. The Morgan fingerprint density at radius 2 is 2.12 bits per heavy atom. The Kier molecular flexibility index (Phi) is 7.25. The summed E-state index contributed by atoms with van der Waals surface area (Å²) in [7, 11) is -0.653. The molecule has 0 amide bonds. The van der Waals surface area contributed by atoms with Crippen molar-refractivity contribution in [1.82, 2.24) is 5.32 Å². The second-order valence-corrected chi connectivity index (χ2v) is 6.38. The van der Waals surface area contributed by atoms with Crippen molar-refractivity contribution in [2.24, 2.45) is 0 Å². The number of hydrogen-bond donors (Lipinski definition) is 1. The van der Waals surface area contributed by atoms with Crippen LogP contribution in [0.2, 0.25) is 0 Å². The van der Waals surface area contributed by atoms with E-state index in [0.29, 0.717) is 11.3 Å². The standard InChI is InChI=1S/C12H25NO2S/c1-3-7-13-11(2)6-10-16(14)12-4-8-15-9-5-12/h11-13H,3-10H2,1-2H3. The lowest BCUT2D eigenvalue weighted by Crippen LogP contribution is -2.31. The Bertz CT molecular complexity index is 205. The summed E-state index contributed by atoms with van der Waals surface area (Å²) in [5, 5.41) is 3.81. The SMILES string of the molecule is CCCNC(C)CCS(=O)C1CCOCC1. The molecule has 0 aliphatic carbocycles. The highest BCUT2D eigenvalue weighted by Gasteiger charge is 2.20. The van der Waals surface area contributed by atoms with Gasteiger partial charge in [-0.2, -0.15) is 0 Å². The minimum atomic E-state index is -0.653. The molecule has 0 aromatic rings. The topological polar surface area (TPSA) is 38.3 Å². The molecular weight excluding hydrogens is 222 g/mol. The van der Waals surface area contributed by atoms with Crippen LogP contribution in [-0.2, 0) is 15.5 Å². The van der Waals surface area contributed by atoms with Gasteiger partial charge in [-0.15, -0.1) is 0 Å². The van der Waals surface area contributed by atoms with E-state index >= 15 is 0 Å². The highest BCUT2D eigenvalue weighted by atomic mass is 32.2. The van der Waals surface area contributed by atoms with Gasteiger partial charge in [0.1, 0.15) is 0 Å². The Morgan fingerprint density at radius 3 is 2.75 bits per heavy atom. The van der Waals surface area contributed by atoms with Crippen LogP contribution in [0.4, 0.5) is 0 Å². The van der Waals surface area contributed by atoms with Crippen molar-refractivity contribution in [2.75, 3.05) is 25.5 Å². The molecule has 0 spiro atoms. The maximum atomic E-state index is 12.0. The molecule has 1 aliphatic rings. The van der Waals surface area contributed by atoms with E-state index in [9.17, 15) is 4.21 Å². The highest BCUT2D eigenvalue weighted by molar-refractivity contribution is 7.85. The number of ether oxygens (including phenoxy) is 1. The molecule has 0 bridgehead atoms. The largest absolute Gasteiger partial charge is 0.381 e. The van der Waals surface area contributed by atoms with E-state index in [1.165, 1.54) is 0 Å². The zero-order valence-corrected chi connectivity index (χ0v) is 11.4. The van der Waals surface area contributed by atoms with Crippen molar-refractivity contribution >= 4 is 10.8 Å². The molecule has 96 valence electrons. The van der Waals surface area contributed by atoms with Gasteiger partial charge in [0.15, 0.2) is 0 Å². The van der Waals surface area contributed by atoms with Crippen LogP contribution in [0.15, 0.2) is 0 Å². The fourth-order valence-corrected chi connectivity index (χ4v) is 3.53. The van der Waals surface area contributed by atoms with Gasteiger partial charge in [-0.25, -0.2) is 0 Å². The number of hydrogen-bond acceptors (Lipinski definition) is 3. The summed E-state index contributed by atoms with van der Waals surface area (Å²) in [6.45, 7) is 6.99. The third kappa shape index (κ3) is 5.41. The molecule has 2 unspecified atom stereocenters. The van der Waals surface area contributed by atoms with Crippen LogP contribution in [0.1, 0.15) is 39.5 Å². The van der Waals surface area contributed by atoms with Crippen molar-refractivity contribution in [3.63, 3.8) is 0 Å². The average Bonchev–Trinajstić information content (AvgIpc) is 2.34. The van der Waals surface area contributed by atoms with Crippen molar-refractivity contribution in [3.05, 3.63) is 0 Å². The Labute approximate surface area is 102 Å². The van der Waals surface area contributed by atoms with Crippen LogP contribution in [0.5, 0.6) is 0 Å². The maximum Gasteiger partial charge on any atom is 0.0477 e. The second-order valence-electron chi connectivity index (χ2n) is 4.54. The first-order chi connectivity index (χ1) is 7.74. The molecule has 1 aliphatic heterocycles. The van der Waals surface area contributed by atoms with Crippen LogP contribution in [0.3, 0.4) is 0 Å². The molecule has 1 rings (SSSR count). The van der Waals surface area contributed by atoms with E-state index in [2.05, 4.69) is 19.2 Å². The quantitative estimate of drug-likeness (QED) is 0.744. The molecule has 0 radical (unpaired) electrons. The van der Waals surface area contributed by atoms with Crippen molar-refractivity contribution in [2.45, 2.75) is 50.8 Å². The van der Waals surface area contributed by atoms with Crippen molar-refractivity contribution < 1.29 is 8.95 Å². The Balaban J connectivity index is 2.13.